The fourth-order valence-electron chi connectivity index (χ4n) is 1.99. The van der Waals surface area contributed by atoms with Gasteiger partial charge >= 0.3 is 0 Å². The maximum Gasteiger partial charge on any atom is 0.229 e. The number of aliphatic imine (C=N–C) groups is 1. The molecule has 0 bridgehead atoms. The highest BCUT2D eigenvalue weighted by Crippen LogP contribution is 2.30. The van der Waals surface area contributed by atoms with E-state index >= 15 is 0 Å². The Kier molecular flexibility index (Phi) is 3.49. The predicted molar refractivity (Wildman–Crippen MR) is 59.5 cm³/mol. The number of ether oxygens (including phenoxy) is 1. The summed E-state index contributed by atoms with van der Waals surface area (Å²) in [5.74, 6) is -0.736. The van der Waals surface area contributed by atoms with Crippen molar-refractivity contribution >= 4 is 5.84 Å². The van der Waals surface area contributed by atoms with Gasteiger partial charge in [-0.25, -0.2) is 4.99 Å². The molecule has 0 aromatic rings. The van der Waals surface area contributed by atoms with E-state index in [2.05, 4.69) is 4.99 Å². The molecule has 2 aliphatic rings. The number of nitrogens with two attached hydrogens (primary N) is 1. The zero-order valence-corrected chi connectivity index (χ0v) is 9.42. The van der Waals surface area contributed by atoms with Crippen LogP contribution < -0.4 is 5.73 Å². The molecule has 18 heavy (non-hydrogen) atoms. The van der Waals surface area contributed by atoms with E-state index in [1.54, 1.807) is 0 Å². The van der Waals surface area contributed by atoms with Gasteiger partial charge in [-0.2, -0.15) is 5.26 Å². The zero-order chi connectivity index (χ0) is 13.3. The molecule has 0 radical (unpaired) electrons. The predicted octanol–water partition coefficient (Wildman–Crippen LogP) is -2.33. The molecule has 3 unspecified atom stereocenters. The van der Waals surface area contributed by atoms with Gasteiger partial charge in [0.2, 0.25) is 6.35 Å². The molecule has 1 fully saturated rings. The highest BCUT2D eigenvalue weighted by molar-refractivity contribution is 5.91. The molecule has 0 aliphatic carbocycles. The molecule has 0 amide bonds. The van der Waals surface area contributed by atoms with Crippen LogP contribution in [0.4, 0.5) is 0 Å². The first-order chi connectivity index (χ1) is 8.58. The third-order valence-electron chi connectivity index (χ3n) is 2.94. The minimum Gasteiger partial charge on any atom is -0.394 e. The Balaban J connectivity index is 2.19. The lowest BCUT2D eigenvalue weighted by Crippen LogP contribution is -2.45. The second-order valence-electron chi connectivity index (χ2n) is 4.06. The summed E-state index contributed by atoms with van der Waals surface area (Å²) in [6.07, 6.45) is -1.25. The van der Waals surface area contributed by atoms with E-state index in [0.717, 1.165) is 0 Å². The fourth-order valence-corrected chi connectivity index (χ4v) is 1.99. The standard InChI is InChI=1S/C10H14N4O4/c11-3-5-8(16)6(4-15)18-9(5)14-2-1-7(12)13-10(14)17/h1-2,5-6,8-10,15-17H,4H2,(H2,12,13)/t5?,6-,8?,9-,10?/m1/s1. The van der Waals surface area contributed by atoms with E-state index in [1.165, 1.54) is 17.2 Å². The van der Waals surface area contributed by atoms with Gasteiger partial charge in [-0.1, -0.05) is 0 Å². The van der Waals surface area contributed by atoms with E-state index in [-0.39, 0.29) is 5.84 Å². The molecular weight excluding hydrogens is 240 g/mol. The van der Waals surface area contributed by atoms with Crippen molar-refractivity contribution in [1.29, 1.82) is 5.26 Å². The molecule has 0 spiro atoms. The SMILES string of the molecule is N#CC1C(O)[C@@H](CO)O[C@H]1N1C=CC(N)=NC1O. The van der Waals surface area contributed by atoms with Crippen LogP contribution in [0, 0.1) is 17.2 Å². The average molecular weight is 254 g/mol. The third-order valence-corrected chi connectivity index (χ3v) is 2.94. The summed E-state index contributed by atoms with van der Waals surface area (Å²) in [4.78, 5) is 4.98. The van der Waals surface area contributed by atoms with Gasteiger partial charge in [0.05, 0.1) is 12.7 Å². The van der Waals surface area contributed by atoms with Gasteiger partial charge in [-0.3, -0.25) is 0 Å². The number of aliphatic hydroxyl groups excluding tert-OH is 3. The van der Waals surface area contributed by atoms with Crippen molar-refractivity contribution < 1.29 is 20.1 Å². The van der Waals surface area contributed by atoms with Crippen molar-refractivity contribution in [3.8, 4) is 6.07 Å². The van der Waals surface area contributed by atoms with Crippen LogP contribution in [0.25, 0.3) is 0 Å². The van der Waals surface area contributed by atoms with Crippen LogP contribution in [0.1, 0.15) is 0 Å². The Hall–Kier alpha value is -1.66. The van der Waals surface area contributed by atoms with Gasteiger partial charge in [-0.05, 0) is 6.08 Å². The van der Waals surface area contributed by atoms with Crippen molar-refractivity contribution in [2.24, 2.45) is 16.6 Å². The molecule has 0 aromatic carbocycles. The summed E-state index contributed by atoms with van der Waals surface area (Å²) in [7, 11) is 0. The number of nitriles is 1. The molecule has 1 saturated heterocycles. The van der Waals surface area contributed by atoms with Crippen LogP contribution in [-0.4, -0.2) is 57.4 Å². The quantitative estimate of drug-likeness (QED) is 0.434. The normalized spacial score (nSPS) is 39.6. The number of hydrogen-bond acceptors (Lipinski definition) is 8. The smallest absolute Gasteiger partial charge is 0.229 e. The van der Waals surface area contributed by atoms with Crippen molar-refractivity contribution in [3.63, 3.8) is 0 Å². The van der Waals surface area contributed by atoms with Crippen LogP contribution in [0.15, 0.2) is 17.3 Å². The summed E-state index contributed by atoms with van der Waals surface area (Å²) >= 11 is 0. The maximum atomic E-state index is 9.79. The highest BCUT2D eigenvalue weighted by Gasteiger charge is 2.47. The molecule has 5 N–H and O–H groups in total. The van der Waals surface area contributed by atoms with E-state index in [1.807, 2.05) is 6.07 Å². The molecular formula is C10H14N4O4. The van der Waals surface area contributed by atoms with E-state index in [4.69, 9.17) is 20.8 Å². The largest absolute Gasteiger partial charge is 0.394 e. The van der Waals surface area contributed by atoms with Gasteiger partial charge < -0.3 is 30.7 Å². The summed E-state index contributed by atoms with van der Waals surface area (Å²) in [5.41, 5.74) is 5.42. The van der Waals surface area contributed by atoms with Gasteiger partial charge in [-0.15, -0.1) is 0 Å². The number of amidine groups is 1. The molecule has 2 heterocycles. The van der Waals surface area contributed by atoms with Gasteiger partial charge in [0.15, 0.2) is 6.23 Å². The summed E-state index contributed by atoms with van der Waals surface area (Å²) in [5, 5.41) is 37.6. The minimum absolute atomic E-state index is 0.157. The molecule has 8 nitrogen and oxygen atoms in total. The molecule has 0 saturated carbocycles. The van der Waals surface area contributed by atoms with E-state index in [0.29, 0.717) is 0 Å². The monoisotopic (exact) mass is 254 g/mol. The van der Waals surface area contributed by atoms with Gasteiger partial charge in [0.25, 0.3) is 0 Å². The van der Waals surface area contributed by atoms with Gasteiger partial charge in [0.1, 0.15) is 24.0 Å². The second-order valence-corrected chi connectivity index (χ2v) is 4.06. The summed E-state index contributed by atoms with van der Waals surface area (Å²) < 4.78 is 5.35. The summed E-state index contributed by atoms with van der Waals surface area (Å²) in [6.45, 7) is -0.408. The molecule has 0 aromatic heterocycles. The fraction of sp³-hybridized carbons (Fsp3) is 0.600. The van der Waals surface area contributed by atoms with Crippen molar-refractivity contribution in [2.45, 2.75) is 24.8 Å². The Morgan fingerprint density at radius 1 is 1.56 bits per heavy atom. The zero-order valence-electron chi connectivity index (χ0n) is 9.42. The summed E-state index contributed by atoms with van der Waals surface area (Å²) in [6, 6.07) is 1.90. The Morgan fingerprint density at radius 2 is 2.28 bits per heavy atom. The van der Waals surface area contributed by atoms with Crippen LogP contribution in [-0.2, 0) is 4.74 Å². The number of rotatable bonds is 2. The molecule has 2 aliphatic heterocycles. The first kappa shape index (κ1) is 12.8. The van der Waals surface area contributed by atoms with Crippen molar-refractivity contribution in [2.75, 3.05) is 6.61 Å². The van der Waals surface area contributed by atoms with Crippen LogP contribution in [0.3, 0.4) is 0 Å². The average Bonchev–Trinajstić information content (AvgIpc) is 2.65. The lowest BCUT2D eigenvalue weighted by atomic mass is 10.0. The first-order valence-electron chi connectivity index (χ1n) is 5.39. The number of aliphatic hydroxyl groups is 3. The number of hydrogen-bond donors (Lipinski definition) is 4. The minimum atomic E-state index is -1.28. The lowest BCUT2D eigenvalue weighted by molar-refractivity contribution is -0.114. The topological polar surface area (TPSA) is 135 Å². The third kappa shape index (κ3) is 2.04. The van der Waals surface area contributed by atoms with Crippen LogP contribution >= 0.6 is 0 Å². The molecule has 8 heteroatoms. The Morgan fingerprint density at radius 3 is 2.83 bits per heavy atom. The van der Waals surface area contributed by atoms with Crippen molar-refractivity contribution in [3.05, 3.63) is 12.3 Å². The Labute approximate surface area is 103 Å². The highest BCUT2D eigenvalue weighted by atomic mass is 16.5. The lowest BCUT2D eigenvalue weighted by Gasteiger charge is -2.32. The molecule has 2 rings (SSSR count). The van der Waals surface area contributed by atoms with Gasteiger partial charge in [0, 0.05) is 6.20 Å². The van der Waals surface area contributed by atoms with Crippen LogP contribution in [0.5, 0.6) is 0 Å². The first-order valence-corrected chi connectivity index (χ1v) is 5.39. The van der Waals surface area contributed by atoms with Crippen molar-refractivity contribution in [1.82, 2.24) is 4.90 Å². The Bertz CT molecular complexity index is 419. The van der Waals surface area contributed by atoms with E-state index < -0.39 is 37.3 Å². The maximum absolute atomic E-state index is 9.79. The number of nitrogens with zero attached hydrogens (tertiary/aromatic N) is 3. The van der Waals surface area contributed by atoms with E-state index in [9.17, 15) is 10.2 Å². The molecule has 5 atom stereocenters. The second kappa shape index (κ2) is 4.91. The van der Waals surface area contributed by atoms with Crippen LogP contribution in [0.2, 0.25) is 0 Å². The molecule has 98 valence electrons.